The van der Waals surface area contributed by atoms with Crippen molar-refractivity contribution in [3.05, 3.63) is 10.6 Å². The summed E-state index contributed by atoms with van der Waals surface area (Å²) in [6.07, 6.45) is 1.53. The van der Waals surface area contributed by atoms with Crippen LogP contribution in [0.4, 0.5) is 18.3 Å². The lowest BCUT2D eigenvalue weighted by molar-refractivity contribution is -0.192. The normalized spacial score (nSPS) is 21.7. The number of alkyl halides is 3. The topological polar surface area (TPSA) is 106 Å². The van der Waals surface area contributed by atoms with Crippen molar-refractivity contribution in [2.45, 2.75) is 57.3 Å². The molecule has 180 valence electrons. The summed E-state index contributed by atoms with van der Waals surface area (Å²) < 4.78 is 31.7. The molecule has 3 aliphatic rings. The number of anilines is 1. The van der Waals surface area contributed by atoms with Crippen LogP contribution in [-0.2, 0) is 22.6 Å². The zero-order valence-electron chi connectivity index (χ0n) is 17.7. The molecule has 1 aliphatic carbocycles. The molecule has 4 rings (SSSR count). The standard InChI is InChI=1S/C18H28N4O2S.C2HF3O2/c23-12-14-10-19-6-8-22(14)18-20-15-5-7-21(11-16(15)25-18)17(24)9-13-3-1-2-4-13;3-2(4,5)1(6)7/h13-14,19,23H,1-12H2;(H,6,7)/t14-;/m1./s1. The molecule has 0 unspecified atom stereocenters. The highest BCUT2D eigenvalue weighted by Gasteiger charge is 2.38. The largest absolute Gasteiger partial charge is 0.490 e. The van der Waals surface area contributed by atoms with Gasteiger partial charge in [0, 0.05) is 43.9 Å². The number of nitrogens with one attached hydrogen (secondary N) is 1. The minimum atomic E-state index is -5.08. The minimum absolute atomic E-state index is 0.0986. The van der Waals surface area contributed by atoms with Crippen molar-refractivity contribution in [1.29, 1.82) is 0 Å². The molecule has 2 aliphatic heterocycles. The van der Waals surface area contributed by atoms with Gasteiger partial charge < -0.3 is 25.3 Å². The Labute approximate surface area is 188 Å². The molecule has 0 radical (unpaired) electrons. The van der Waals surface area contributed by atoms with E-state index in [9.17, 15) is 23.1 Å². The number of amides is 1. The Balaban J connectivity index is 0.000000360. The lowest BCUT2D eigenvalue weighted by Crippen LogP contribution is -2.53. The Bertz CT molecular complexity index is 798. The smallest absolute Gasteiger partial charge is 0.475 e. The number of piperazine rings is 1. The van der Waals surface area contributed by atoms with Crippen molar-refractivity contribution in [3.8, 4) is 0 Å². The van der Waals surface area contributed by atoms with Gasteiger partial charge in [0.1, 0.15) is 0 Å². The summed E-state index contributed by atoms with van der Waals surface area (Å²) in [7, 11) is 0. The minimum Gasteiger partial charge on any atom is -0.475 e. The maximum atomic E-state index is 12.6. The van der Waals surface area contributed by atoms with Crippen molar-refractivity contribution in [2.75, 3.05) is 37.7 Å². The first-order valence-electron chi connectivity index (χ1n) is 10.8. The van der Waals surface area contributed by atoms with E-state index in [1.165, 1.54) is 30.6 Å². The molecular weight excluding hydrogens is 449 g/mol. The van der Waals surface area contributed by atoms with Crippen LogP contribution in [0, 0.1) is 5.92 Å². The number of halogens is 3. The lowest BCUT2D eigenvalue weighted by atomic mass is 10.0. The Morgan fingerprint density at radius 2 is 1.91 bits per heavy atom. The first kappa shape index (κ1) is 24.7. The quantitative estimate of drug-likeness (QED) is 0.608. The molecule has 12 heteroatoms. The van der Waals surface area contributed by atoms with Crippen molar-refractivity contribution in [1.82, 2.24) is 15.2 Å². The van der Waals surface area contributed by atoms with Crippen LogP contribution in [0.2, 0.25) is 0 Å². The number of aliphatic carboxylic acids is 1. The van der Waals surface area contributed by atoms with E-state index in [-0.39, 0.29) is 12.6 Å². The van der Waals surface area contributed by atoms with Crippen LogP contribution in [-0.4, -0.2) is 77.0 Å². The van der Waals surface area contributed by atoms with Gasteiger partial charge in [0.25, 0.3) is 0 Å². The molecule has 3 N–H and O–H groups in total. The third kappa shape index (κ3) is 6.32. The van der Waals surface area contributed by atoms with Gasteiger partial charge in [0.2, 0.25) is 5.91 Å². The van der Waals surface area contributed by atoms with Crippen molar-refractivity contribution in [2.24, 2.45) is 5.92 Å². The van der Waals surface area contributed by atoms with Gasteiger partial charge in [-0.05, 0) is 18.8 Å². The molecule has 8 nitrogen and oxygen atoms in total. The number of hydrogen-bond donors (Lipinski definition) is 3. The number of carboxylic acid groups (broad SMARTS) is 1. The number of carbonyl (C=O) groups excluding carboxylic acids is 1. The van der Waals surface area contributed by atoms with E-state index in [2.05, 4.69) is 10.2 Å². The van der Waals surface area contributed by atoms with Crippen molar-refractivity contribution < 1.29 is 33.0 Å². The summed E-state index contributed by atoms with van der Waals surface area (Å²) in [4.78, 5) is 31.9. The van der Waals surface area contributed by atoms with E-state index in [1.54, 1.807) is 11.3 Å². The van der Waals surface area contributed by atoms with Gasteiger partial charge in [0.05, 0.1) is 24.9 Å². The van der Waals surface area contributed by atoms with Gasteiger partial charge in [-0.15, -0.1) is 0 Å². The number of rotatable bonds is 4. The summed E-state index contributed by atoms with van der Waals surface area (Å²) in [5.74, 6) is -1.83. The zero-order valence-corrected chi connectivity index (χ0v) is 18.6. The van der Waals surface area contributed by atoms with Crippen LogP contribution in [0.3, 0.4) is 0 Å². The third-order valence-corrected chi connectivity index (χ3v) is 7.18. The molecule has 1 saturated heterocycles. The highest BCUT2D eigenvalue weighted by atomic mass is 32.1. The molecule has 0 aromatic carbocycles. The van der Waals surface area contributed by atoms with Gasteiger partial charge in [-0.2, -0.15) is 13.2 Å². The number of hydrogen-bond acceptors (Lipinski definition) is 7. The maximum absolute atomic E-state index is 12.6. The van der Waals surface area contributed by atoms with Crippen LogP contribution < -0.4 is 10.2 Å². The monoisotopic (exact) mass is 478 g/mol. The van der Waals surface area contributed by atoms with Crippen LogP contribution >= 0.6 is 11.3 Å². The number of aliphatic hydroxyl groups is 1. The first-order chi connectivity index (χ1) is 15.2. The number of carboxylic acids is 1. The van der Waals surface area contributed by atoms with Crippen LogP contribution in [0.15, 0.2) is 0 Å². The third-order valence-electron chi connectivity index (χ3n) is 6.06. The molecule has 3 heterocycles. The van der Waals surface area contributed by atoms with E-state index in [0.717, 1.165) is 49.8 Å². The highest BCUT2D eigenvalue weighted by molar-refractivity contribution is 7.15. The second-order valence-corrected chi connectivity index (χ2v) is 9.39. The number of aromatic nitrogens is 1. The molecule has 32 heavy (non-hydrogen) atoms. The number of thiazole rings is 1. The SMILES string of the molecule is O=C(CC1CCCC1)N1CCc2nc(N3CCNC[C@@H]3CO)sc2C1.O=C(O)C(F)(F)F. The number of nitrogens with zero attached hydrogens (tertiary/aromatic N) is 3. The first-order valence-corrected chi connectivity index (χ1v) is 11.7. The lowest BCUT2D eigenvalue weighted by Gasteiger charge is -2.34. The van der Waals surface area contributed by atoms with Gasteiger partial charge in [-0.25, -0.2) is 9.78 Å². The molecule has 1 amide bonds. The van der Waals surface area contributed by atoms with E-state index >= 15 is 0 Å². The average Bonchev–Trinajstić information content (AvgIpc) is 3.42. The Hall–Kier alpha value is -1.92. The van der Waals surface area contributed by atoms with Crippen LogP contribution in [0.5, 0.6) is 0 Å². The molecule has 1 aromatic rings. The molecule has 2 fully saturated rings. The van der Waals surface area contributed by atoms with Gasteiger partial charge in [-0.3, -0.25) is 4.79 Å². The van der Waals surface area contributed by atoms with E-state index in [1.807, 2.05) is 4.90 Å². The Morgan fingerprint density at radius 1 is 1.22 bits per heavy atom. The molecule has 1 atom stereocenters. The van der Waals surface area contributed by atoms with E-state index in [0.29, 0.717) is 18.4 Å². The van der Waals surface area contributed by atoms with Crippen molar-refractivity contribution >= 4 is 28.3 Å². The van der Waals surface area contributed by atoms with Gasteiger partial charge >= 0.3 is 12.1 Å². The summed E-state index contributed by atoms with van der Waals surface area (Å²) >= 11 is 1.71. The Kier molecular flexibility index (Phi) is 8.34. The number of carbonyl (C=O) groups is 2. The molecule has 0 spiro atoms. The van der Waals surface area contributed by atoms with E-state index in [4.69, 9.17) is 14.9 Å². The van der Waals surface area contributed by atoms with Gasteiger partial charge in [0.15, 0.2) is 5.13 Å². The fourth-order valence-corrected chi connectivity index (χ4v) is 5.50. The molecule has 0 bridgehead atoms. The van der Waals surface area contributed by atoms with Crippen molar-refractivity contribution in [3.63, 3.8) is 0 Å². The van der Waals surface area contributed by atoms with E-state index < -0.39 is 12.1 Å². The summed E-state index contributed by atoms with van der Waals surface area (Å²) in [5.41, 5.74) is 1.15. The van der Waals surface area contributed by atoms with Crippen LogP contribution in [0.25, 0.3) is 0 Å². The molecule has 1 aromatic heterocycles. The fourth-order valence-electron chi connectivity index (χ4n) is 4.28. The highest BCUT2D eigenvalue weighted by Crippen LogP contribution is 2.33. The maximum Gasteiger partial charge on any atom is 0.490 e. The zero-order chi connectivity index (χ0) is 23.3. The second kappa shape index (κ2) is 10.8. The number of aliphatic hydroxyl groups excluding tert-OH is 1. The predicted octanol–water partition coefficient (Wildman–Crippen LogP) is 2.01. The Morgan fingerprint density at radius 3 is 2.53 bits per heavy atom. The fraction of sp³-hybridized carbons (Fsp3) is 0.750. The summed E-state index contributed by atoms with van der Waals surface area (Å²) in [6.45, 7) is 4.26. The number of fused-ring (bicyclic) bond motifs is 1. The second-order valence-electron chi connectivity index (χ2n) is 8.32. The average molecular weight is 479 g/mol. The predicted molar refractivity (Wildman–Crippen MR) is 113 cm³/mol. The van der Waals surface area contributed by atoms with Crippen LogP contribution in [0.1, 0.15) is 42.7 Å². The molecular formula is C20H29F3N4O4S. The van der Waals surface area contributed by atoms with Gasteiger partial charge in [-0.1, -0.05) is 24.2 Å². The summed E-state index contributed by atoms with van der Waals surface area (Å²) in [6, 6.07) is 0.0986. The molecule has 1 saturated carbocycles. The summed E-state index contributed by atoms with van der Waals surface area (Å²) in [5, 5.41) is 21.1.